The Morgan fingerprint density at radius 2 is 1.71 bits per heavy atom. The lowest BCUT2D eigenvalue weighted by atomic mass is 10.1. The Morgan fingerprint density at radius 3 is 2.39 bits per heavy atom. The van der Waals surface area contributed by atoms with Gasteiger partial charge < -0.3 is 4.42 Å². The van der Waals surface area contributed by atoms with Crippen molar-refractivity contribution in [3.8, 4) is 11.3 Å². The lowest BCUT2D eigenvalue weighted by Gasteiger charge is -2.12. The quantitative estimate of drug-likeness (QED) is 0.422. The minimum absolute atomic E-state index is 0.305. The summed E-state index contributed by atoms with van der Waals surface area (Å²) < 4.78 is 6.83. The highest BCUT2D eigenvalue weighted by Gasteiger charge is 2.36. The maximum Gasteiger partial charge on any atom is 0.298 e. The molecule has 0 spiro atoms. The molecule has 0 saturated carbocycles. The number of carbonyl (C=O) groups excluding carboxylic acids is 2. The third-order valence-electron chi connectivity index (χ3n) is 4.43. The molecule has 0 unspecified atom stereocenters. The Labute approximate surface area is 175 Å². The average molecular weight is 454 g/mol. The van der Waals surface area contributed by atoms with Crippen molar-refractivity contribution in [1.29, 1.82) is 0 Å². The molecule has 4 rings (SSSR count). The van der Waals surface area contributed by atoms with Crippen LogP contribution in [0.2, 0.25) is 0 Å². The van der Waals surface area contributed by atoms with Crippen LogP contribution in [-0.2, 0) is 11.2 Å². The van der Waals surface area contributed by atoms with Gasteiger partial charge in [-0.3, -0.25) is 9.59 Å². The van der Waals surface area contributed by atoms with Crippen molar-refractivity contribution in [2.24, 2.45) is 0 Å². The van der Waals surface area contributed by atoms with Gasteiger partial charge in [-0.05, 0) is 60.1 Å². The second-order valence-corrected chi connectivity index (χ2v) is 8.15. The van der Waals surface area contributed by atoms with Gasteiger partial charge in [-0.15, -0.1) is 0 Å². The summed E-state index contributed by atoms with van der Waals surface area (Å²) in [5, 5.41) is -0.305. The first kappa shape index (κ1) is 18.8. The number of carbonyl (C=O) groups is 2. The third-order valence-corrected chi connectivity index (χ3v) is 5.82. The molecule has 2 amide bonds. The Kier molecular flexibility index (Phi) is 5.24. The molecule has 2 heterocycles. The van der Waals surface area contributed by atoms with Crippen LogP contribution in [0.3, 0.4) is 0 Å². The van der Waals surface area contributed by atoms with Gasteiger partial charge in [0.25, 0.3) is 11.1 Å². The van der Waals surface area contributed by atoms with Crippen LogP contribution in [0.15, 0.2) is 74.5 Å². The van der Waals surface area contributed by atoms with Crippen LogP contribution in [0.5, 0.6) is 0 Å². The highest BCUT2D eigenvalue weighted by Crippen LogP contribution is 2.36. The monoisotopic (exact) mass is 453 g/mol. The second-order valence-electron chi connectivity index (χ2n) is 6.25. The number of rotatable bonds is 4. The minimum Gasteiger partial charge on any atom is -0.457 e. The van der Waals surface area contributed by atoms with E-state index in [0.717, 1.165) is 33.8 Å². The molecule has 6 heteroatoms. The van der Waals surface area contributed by atoms with Gasteiger partial charge in [-0.1, -0.05) is 47.1 Å². The molecule has 4 nitrogen and oxygen atoms in total. The highest BCUT2D eigenvalue weighted by molar-refractivity contribution is 9.10. The van der Waals surface area contributed by atoms with E-state index in [1.54, 1.807) is 24.3 Å². The van der Waals surface area contributed by atoms with Crippen LogP contribution in [-0.4, -0.2) is 11.1 Å². The number of nitrogens with zero attached hydrogens (tertiary/aromatic N) is 1. The van der Waals surface area contributed by atoms with Gasteiger partial charge in [-0.25, -0.2) is 4.90 Å². The van der Waals surface area contributed by atoms with Crippen molar-refractivity contribution in [2.75, 3.05) is 4.90 Å². The van der Waals surface area contributed by atoms with Gasteiger partial charge in [0.05, 0.1) is 10.6 Å². The summed E-state index contributed by atoms with van der Waals surface area (Å²) in [5.74, 6) is 0.902. The number of thioether (sulfide) groups is 1. The SMILES string of the molecule is CCc1ccc(N2C(=O)S/C(=C/c3ccc(-c4ccc(Br)cc4)o3)C2=O)cc1. The fourth-order valence-electron chi connectivity index (χ4n) is 2.90. The van der Waals surface area contributed by atoms with Crippen molar-refractivity contribution in [2.45, 2.75) is 13.3 Å². The van der Waals surface area contributed by atoms with Crippen LogP contribution in [0.4, 0.5) is 10.5 Å². The lowest BCUT2D eigenvalue weighted by Crippen LogP contribution is -2.27. The Balaban J connectivity index is 1.58. The summed E-state index contributed by atoms with van der Waals surface area (Å²) in [4.78, 5) is 26.7. The van der Waals surface area contributed by atoms with Crippen molar-refractivity contribution in [3.05, 3.63) is 81.4 Å². The van der Waals surface area contributed by atoms with Crippen LogP contribution in [0, 0.1) is 0 Å². The summed E-state index contributed by atoms with van der Waals surface area (Å²) in [6, 6.07) is 18.9. The Bertz CT molecular complexity index is 1070. The Morgan fingerprint density at radius 1 is 1.00 bits per heavy atom. The van der Waals surface area contributed by atoms with E-state index >= 15 is 0 Å². The van der Waals surface area contributed by atoms with Crippen molar-refractivity contribution in [3.63, 3.8) is 0 Å². The molecule has 3 aromatic rings. The molecule has 1 aliphatic heterocycles. The van der Waals surface area contributed by atoms with E-state index in [4.69, 9.17) is 4.42 Å². The zero-order valence-corrected chi connectivity index (χ0v) is 17.4. The minimum atomic E-state index is -0.333. The van der Waals surface area contributed by atoms with E-state index in [9.17, 15) is 9.59 Å². The summed E-state index contributed by atoms with van der Waals surface area (Å²) in [7, 11) is 0. The Hall–Kier alpha value is -2.57. The molecular weight excluding hydrogens is 438 g/mol. The fraction of sp³-hybridized carbons (Fsp3) is 0.0909. The van der Waals surface area contributed by atoms with Gasteiger partial charge >= 0.3 is 0 Å². The summed E-state index contributed by atoms with van der Waals surface area (Å²) >= 11 is 4.33. The molecule has 0 bridgehead atoms. The normalized spacial score (nSPS) is 15.6. The van der Waals surface area contributed by atoms with Crippen molar-refractivity contribution >= 4 is 50.6 Å². The van der Waals surface area contributed by atoms with Gasteiger partial charge in [0.2, 0.25) is 0 Å². The molecule has 28 heavy (non-hydrogen) atoms. The number of aryl methyl sites for hydroxylation is 1. The van der Waals surface area contributed by atoms with E-state index in [2.05, 4.69) is 22.9 Å². The zero-order valence-electron chi connectivity index (χ0n) is 15.0. The van der Waals surface area contributed by atoms with E-state index < -0.39 is 0 Å². The van der Waals surface area contributed by atoms with Crippen LogP contribution >= 0.6 is 27.7 Å². The van der Waals surface area contributed by atoms with Crippen LogP contribution < -0.4 is 4.90 Å². The number of imide groups is 1. The molecule has 0 aliphatic carbocycles. The number of hydrogen-bond donors (Lipinski definition) is 0. The smallest absolute Gasteiger partial charge is 0.298 e. The topological polar surface area (TPSA) is 50.5 Å². The van der Waals surface area contributed by atoms with Crippen molar-refractivity contribution in [1.82, 2.24) is 0 Å². The predicted octanol–water partition coefficient (Wildman–Crippen LogP) is 6.51. The number of benzene rings is 2. The summed E-state index contributed by atoms with van der Waals surface area (Å²) in [5.41, 5.74) is 2.67. The maximum absolute atomic E-state index is 12.8. The first-order valence-electron chi connectivity index (χ1n) is 8.78. The van der Waals surface area contributed by atoms with E-state index in [1.165, 1.54) is 4.90 Å². The van der Waals surface area contributed by atoms with E-state index in [-0.39, 0.29) is 11.1 Å². The molecule has 0 atom stereocenters. The maximum atomic E-state index is 12.8. The first-order valence-corrected chi connectivity index (χ1v) is 10.4. The largest absolute Gasteiger partial charge is 0.457 e. The number of furan rings is 1. The van der Waals surface area contributed by atoms with E-state index in [1.807, 2.05) is 42.5 Å². The molecule has 1 aromatic heterocycles. The predicted molar refractivity (Wildman–Crippen MR) is 116 cm³/mol. The average Bonchev–Trinajstić information content (AvgIpc) is 3.27. The standard InChI is InChI=1S/C22H16BrNO3S/c1-2-14-3-9-17(10-4-14)24-21(25)20(28-22(24)26)13-18-11-12-19(27-18)15-5-7-16(23)8-6-15/h3-13H,2H2,1H3/b20-13+. The van der Waals surface area contributed by atoms with Gasteiger partial charge in [0.15, 0.2) is 0 Å². The third kappa shape index (κ3) is 3.70. The summed E-state index contributed by atoms with van der Waals surface area (Å²) in [6.07, 6.45) is 2.52. The molecule has 0 radical (unpaired) electrons. The number of anilines is 1. The lowest BCUT2D eigenvalue weighted by molar-refractivity contribution is -0.113. The number of amides is 2. The highest BCUT2D eigenvalue weighted by atomic mass is 79.9. The summed E-state index contributed by atoms with van der Waals surface area (Å²) in [6.45, 7) is 2.06. The molecule has 2 aromatic carbocycles. The molecule has 1 saturated heterocycles. The van der Waals surface area contributed by atoms with Gasteiger partial charge in [-0.2, -0.15) is 0 Å². The molecule has 1 aliphatic rings. The zero-order chi connectivity index (χ0) is 19.7. The second kappa shape index (κ2) is 7.81. The van der Waals surface area contributed by atoms with Gasteiger partial charge in [0.1, 0.15) is 11.5 Å². The number of halogens is 1. The molecule has 0 N–H and O–H groups in total. The van der Waals surface area contributed by atoms with E-state index in [0.29, 0.717) is 22.1 Å². The van der Waals surface area contributed by atoms with Crippen molar-refractivity contribution < 1.29 is 14.0 Å². The van der Waals surface area contributed by atoms with Gasteiger partial charge in [0, 0.05) is 16.1 Å². The fourth-order valence-corrected chi connectivity index (χ4v) is 3.99. The molecule has 140 valence electrons. The molecule has 1 fully saturated rings. The van der Waals surface area contributed by atoms with Crippen LogP contribution in [0.25, 0.3) is 17.4 Å². The molecular formula is C22H16BrNO3S. The van der Waals surface area contributed by atoms with Crippen LogP contribution in [0.1, 0.15) is 18.2 Å². The number of hydrogen-bond acceptors (Lipinski definition) is 4. The first-order chi connectivity index (χ1) is 13.5.